The molecule has 1 nitrogen and oxygen atoms in total. The number of hydrogen-bond donors (Lipinski definition) is 1. The summed E-state index contributed by atoms with van der Waals surface area (Å²) in [5.41, 5.74) is 0.418. The first kappa shape index (κ1) is 5.07. The molecule has 0 radical (unpaired) electrons. The van der Waals surface area contributed by atoms with Gasteiger partial charge in [0, 0.05) is 5.54 Å². The van der Waals surface area contributed by atoms with Crippen molar-refractivity contribution in [3.05, 3.63) is 0 Å². The van der Waals surface area contributed by atoms with Crippen molar-refractivity contribution >= 4 is 11.8 Å². The van der Waals surface area contributed by atoms with Crippen LogP contribution in [0.5, 0.6) is 0 Å². The number of rotatable bonds is 2. The molecule has 2 aliphatic carbocycles. The van der Waals surface area contributed by atoms with Crippen molar-refractivity contribution in [3.63, 3.8) is 0 Å². The third-order valence-corrected chi connectivity index (χ3v) is 2.71. The van der Waals surface area contributed by atoms with Crippen LogP contribution in [0.3, 0.4) is 0 Å². The Morgan fingerprint density at radius 2 is 2.00 bits per heavy atom. The summed E-state index contributed by atoms with van der Waals surface area (Å²) in [6, 6.07) is 0. The van der Waals surface area contributed by atoms with Gasteiger partial charge in [-0.25, -0.2) is 4.84 Å². The van der Waals surface area contributed by atoms with Gasteiger partial charge in [0.1, 0.15) is 0 Å². The average Bonchev–Trinajstić information content (AvgIpc) is 2.63. The van der Waals surface area contributed by atoms with E-state index in [1.54, 1.807) is 0 Å². The lowest BCUT2D eigenvalue weighted by Crippen LogP contribution is -2.24. The lowest BCUT2D eigenvalue weighted by atomic mass is 10.2. The van der Waals surface area contributed by atoms with Gasteiger partial charge in [0.15, 0.2) is 0 Å². The largest absolute Gasteiger partial charge is 0.227 e. The van der Waals surface area contributed by atoms with Gasteiger partial charge in [-0.1, -0.05) is 0 Å². The Labute approximate surface area is 54.5 Å². The van der Waals surface area contributed by atoms with Crippen molar-refractivity contribution in [3.8, 4) is 0 Å². The van der Waals surface area contributed by atoms with Gasteiger partial charge in [-0.05, 0) is 43.4 Å². The molecular weight excluding hydrogens is 122 g/mol. The summed E-state index contributed by atoms with van der Waals surface area (Å²) < 4.78 is 0. The zero-order valence-electron chi connectivity index (χ0n) is 4.78. The Bertz CT molecular complexity index is 105. The van der Waals surface area contributed by atoms with Gasteiger partial charge in [-0.3, -0.25) is 0 Å². The minimum absolute atomic E-state index is 0.418. The second-order valence-electron chi connectivity index (χ2n) is 3.02. The van der Waals surface area contributed by atoms with E-state index in [9.17, 15) is 0 Å². The smallest absolute Gasteiger partial charge is 0.0361 e. The van der Waals surface area contributed by atoms with E-state index in [0.29, 0.717) is 5.54 Å². The standard InChI is InChI=1S/C6H10ClN/c7-8-6(3-4-6)5-1-2-5/h5,8H,1-4H2. The van der Waals surface area contributed by atoms with Crippen LogP contribution in [0.4, 0.5) is 0 Å². The van der Waals surface area contributed by atoms with E-state index in [-0.39, 0.29) is 0 Å². The maximum Gasteiger partial charge on any atom is 0.0361 e. The molecular formula is C6H10ClN. The number of halogens is 1. The van der Waals surface area contributed by atoms with Crippen LogP contribution >= 0.6 is 11.8 Å². The highest BCUT2D eigenvalue weighted by Crippen LogP contribution is 2.53. The van der Waals surface area contributed by atoms with Crippen molar-refractivity contribution in [2.24, 2.45) is 5.92 Å². The van der Waals surface area contributed by atoms with E-state index >= 15 is 0 Å². The van der Waals surface area contributed by atoms with Crippen LogP contribution in [0, 0.1) is 5.92 Å². The highest BCUT2D eigenvalue weighted by atomic mass is 35.5. The first-order valence-corrected chi connectivity index (χ1v) is 3.63. The average molecular weight is 132 g/mol. The van der Waals surface area contributed by atoms with Gasteiger partial charge in [-0.2, -0.15) is 0 Å². The van der Waals surface area contributed by atoms with Crippen molar-refractivity contribution in [1.29, 1.82) is 0 Å². The molecule has 0 spiro atoms. The zero-order valence-corrected chi connectivity index (χ0v) is 5.54. The van der Waals surface area contributed by atoms with Crippen LogP contribution in [0.15, 0.2) is 0 Å². The summed E-state index contributed by atoms with van der Waals surface area (Å²) in [6.45, 7) is 0. The van der Waals surface area contributed by atoms with Crippen LogP contribution in [-0.4, -0.2) is 5.54 Å². The molecule has 1 N–H and O–H groups in total. The van der Waals surface area contributed by atoms with Crippen molar-refractivity contribution in [2.45, 2.75) is 31.2 Å². The molecule has 2 aliphatic rings. The molecule has 0 aromatic heterocycles. The molecule has 0 saturated heterocycles. The predicted molar refractivity (Wildman–Crippen MR) is 33.7 cm³/mol. The summed E-state index contributed by atoms with van der Waals surface area (Å²) in [5.74, 6) is 0.931. The minimum atomic E-state index is 0.418. The van der Waals surface area contributed by atoms with Gasteiger partial charge in [0.25, 0.3) is 0 Å². The Kier molecular flexibility index (Phi) is 0.884. The van der Waals surface area contributed by atoms with E-state index in [4.69, 9.17) is 11.8 Å². The monoisotopic (exact) mass is 131 g/mol. The first-order chi connectivity index (χ1) is 3.87. The fraction of sp³-hybridized carbons (Fsp3) is 1.00. The molecule has 0 unspecified atom stereocenters. The molecule has 0 atom stereocenters. The van der Waals surface area contributed by atoms with Gasteiger partial charge in [0.05, 0.1) is 0 Å². The molecule has 2 heteroatoms. The van der Waals surface area contributed by atoms with Gasteiger partial charge < -0.3 is 0 Å². The summed E-state index contributed by atoms with van der Waals surface area (Å²) in [7, 11) is 0. The van der Waals surface area contributed by atoms with E-state index in [1.165, 1.54) is 25.7 Å². The molecule has 0 heterocycles. The lowest BCUT2D eigenvalue weighted by Gasteiger charge is -2.07. The van der Waals surface area contributed by atoms with E-state index in [0.717, 1.165) is 5.92 Å². The van der Waals surface area contributed by atoms with E-state index in [1.807, 2.05) is 0 Å². The molecule has 2 fully saturated rings. The fourth-order valence-corrected chi connectivity index (χ4v) is 1.69. The molecule has 8 heavy (non-hydrogen) atoms. The molecule has 0 bridgehead atoms. The van der Waals surface area contributed by atoms with Crippen LogP contribution < -0.4 is 4.84 Å². The van der Waals surface area contributed by atoms with Gasteiger partial charge in [0.2, 0.25) is 0 Å². The van der Waals surface area contributed by atoms with Crippen LogP contribution in [-0.2, 0) is 0 Å². The van der Waals surface area contributed by atoms with Gasteiger partial charge >= 0.3 is 0 Å². The third-order valence-electron chi connectivity index (χ3n) is 2.34. The predicted octanol–water partition coefficient (Wildman–Crippen LogP) is 1.67. The summed E-state index contributed by atoms with van der Waals surface area (Å²) in [6.07, 6.45) is 5.42. The maximum absolute atomic E-state index is 5.54. The quantitative estimate of drug-likeness (QED) is 0.563. The second-order valence-corrected chi connectivity index (χ2v) is 3.21. The molecule has 46 valence electrons. The highest BCUT2D eigenvalue weighted by Gasteiger charge is 2.53. The minimum Gasteiger partial charge on any atom is -0.227 e. The summed E-state index contributed by atoms with van der Waals surface area (Å²) in [5, 5.41) is 0. The van der Waals surface area contributed by atoms with E-state index in [2.05, 4.69) is 4.84 Å². The second kappa shape index (κ2) is 1.39. The van der Waals surface area contributed by atoms with Gasteiger partial charge in [-0.15, -0.1) is 0 Å². The topological polar surface area (TPSA) is 12.0 Å². The van der Waals surface area contributed by atoms with E-state index < -0.39 is 0 Å². The Hall–Kier alpha value is 0.250. The Morgan fingerprint density at radius 1 is 1.38 bits per heavy atom. The molecule has 2 saturated carbocycles. The van der Waals surface area contributed by atoms with Crippen LogP contribution in [0.25, 0.3) is 0 Å². The normalized spacial score (nSPS) is 32.6. The zero-order chi connectivity index (χ0) is 5.61. The lowest BCUT2D eigenvalue weighted by molar-refractivity contribution is 0.542. The van der Waals surface area contributed by atoms with Crippen molar-refractivity contribution in [2.75, 3.05) is 0 Å². The summed E-state index contributed by atoms with van der Waals surface area (Å²) in [4.78, 5) is 2.89. The number of hydrogen-bond acceptors (Lipinski definition) is 1. The molecule has 0 aromatic carbocycles. The third kappa shape index (κ3) is 0.579. The Morgan fingerprint density at radius 3 is 2.12 bits per heavy atom. The maximum atomic E-state index is 5.54. The SMILES string of the molecule is ClNC1(C2CC2)CC1. The molecule has 0 aromatic rings. The van der Waals surface area contributed by atoms with Crippen molar-refractivity contribution < 1.29 is 0 Å². The van der Waals surface area contributed by atoms with Crippen LogP contribution in [0.1, 0.15) is 25.7 Å². The van der Waals surface area contributed by atoms with Crippen molar-refractivity contribution in [1.82, 2.24) is 4.84 Å². The molecule has 0 amide bonds. The first-order valence-electron chi connectivity index (χ1n) is 3.25. The fourth-order valence-electron chi connectivity index (χ4n) is 1.35. The molecule has 0 aliphatic heterocycles. The number of nitrogens with one attached hydrogen (secondary N) is 1. The highest BCUT2D eigenvalue weighted by molar-refractivity contribution is 6.14. The Balaban J connectivity index is 1.99. The molecule has 2 rings (SSSR count). The summed E-state index contributed by atoms with van der Waals surface area (Å²) >= 11 is 5.54. The van der Waals surface area contributed by atoms with Crippen LogP contribution in [0.2, 0.25) is 0 Å².